The molecule has 0 aliphatic heterocycles. The first-order valence-electron chi connectivity index (χ1n) is 6.23. The molecule has 0 spiro atoms. The lowest BCUT2D eigenvalue weighted by Gasteiger charge is -2.24. The van der Waals surface area contributed by atoms with Crippen molar-refractivity contribution in [2.24, 2.45) is 5.41 Å². The fraction of sp³-hybridized carbons (Fsp3) is 1.00. The molecule has 1 atom stereocenters. The smallest absolute Gasteiger partial charge is 0.00793 e. The lowest BCUT2D eigenvalue weighted by molar-refractivity contribution is 0.302. The second-order valence-electron chi connectivity index (χ2n) is 5.95. The molecule has 0 aromatic rings. The van der Waals surface area contributed by atoms with E-state index in [2.05, 4.69) is 52.0 Å². The van der Waals surface area contributed by atoms with Crippen LogP contribution in [0.1, 0.15) is 47.0 Å². The van der Waals surface area contributed by atoms with Gasteiger partial charge in [-0.05, 0) is 51.9 Å². The van der Waals surface area contributed by atoms with Gasteiger partial charge in [0.15, 0.2) is 0 Å². The van der Waals surface area contributed by atoms with Gasteiger partial charge >= 0.3 is 0 Å². The topological polar surface area (TPSA) is 15.3 Å². The average molecular weight is 214 g/mol. The summed E-state index contributed by atoms with van der Waals surface area (Å²) < 4.78 is 0. The zero-order chi connectivity index (χ0) is 11.9. The molecule has 0 saturated heterocycles. The van der Waals surface area contributed by atoms with Gasteiger partial charge < -0.3 is 10.2 Å². The first-order chi connectivity index (χ1) is 6.85. The number of nitrogens with zero attached hydrogens (tertiary/aromatic N) is 1. The zero-order valence-corrected chi connectivity index (χ0v) is 11.6. The van der Waals surface area contributed by atoms with E-state index in [1.54, 1.807) is 0 Å². The van der Waals surface area contributed by atoms with Crippen LogP contribution in [-0.2, 0) is 0 Å². The Morgan fingerprint density at radius 3 is 2.13 bits per heavy atom. The van der Waals surface area contributed by atoms with E-state index >= 15 is 0 Å². The molecule has 0 heterocycles. The molecule has 0 bridgehead atoms. The summed E-state index contributed by atoms with van der Waals surface area (Å²) in [6, 6.07) is 0.691. The van der Waals surface area contributed by atoms with Gasteiger partial charge in [0.05, 0.1) is 0 Å². The van der Waals surface area contributed by atoms with Crippen LogP contribution in [0.3, 0.4) is 0 Å². The summed E-state index contributed by atoms with van der Waals surface area (Å²) in [4.78, 5) is 2.27. The average Bonchev–Trinajstić information content (AvgIpc) is 2.08. The van der Waals surface area contributed by atoms with Crippen molar-refractivity contribution < 1.29 is 0 Å². The molecule has 1 N–H and O–H groups in total. The molecule has 0 saturated carbocycles. The summed E-state index contributed by atoms with van der Waals surface area (Å²) in [7, 11) is 4.29. The van der Waals surface area contributed by atoms with Crippen molar-refractivity contribution in [3.05, 3.63) is 0 Å². The van der Waals surface area contributed by atoms with Crippen LogP contribution in [0.15, 0.2) is 0 Å². The molecule has 0 amide bonds. The van der Waals surface area contributed by atoms with Crippen molar-refractivity contribution in [1.82, 2.24) is 10.2 Å². The largest absolute Gasteiger partial charge is 0.314 e. The first-order valence-corrected chi connectivity index (χ1v) is 6.23. The standard InChI is InChI=1S/C13H30N2/c1-7-14-12(9-11-15(5)6)8-10-13(2,3)4/h12,14H,7-11H2,1-6H3. The highest BCUT2D eigenvalue weighted by atomic mass is 15.1. The van der Waals surface area contributed by atoms with Crippen molar-refractivity contribution >= 4 is 0 Å². The SMILES string of the molecule is CCNC(CCN(C)C)CCC(C)(C)C. The molecule has 2 heteroatoms. The van der Waals surface area contributed by atoms with Gasteiger partial charge in [0.2, 0.25) is 0 Å². The summed E-state index contributed by atoms with van der Waals surface area (Å²) in [6.07, 6.45) is 3.86. The molecule has 92 valence electrons. The third kappa shape index (κ3) is 10.2. The monoisotopic (exact) mass is 214 g/mol. The summed E-state index contributed by atoms with van der Waals surface area (Å²) in [5.74, 6) is 0. The third-order valence-corrected chi connectivity index (χ3v) is 2.66. The molecule has 1 unspecified atom stereocenters. The number of hydrogen-bond donors (Lipinski definition) is 1. The van der Waals surface area contributed by atoms with E-state index in [4.69, 9.17) is 0 Å². The summed E-state index contributed by atoms with van der Waals surface area (Å²) in [5, 5.41) is 3.58. The van der Waals surface area contributed by atoms with Crippen molar-refractivity contribution in [2.45, 2.75) is 53.0 Å². The molecule has 0 fully saturated rings. The van der Waals surface area contributed by atoms with E-state index in [-0.39, 0.29) is 0 Å². The van der Waals surface area contributed by atoms with E-state index in [9.17, 15) is 0 Å². The highest BCUT2D eigenvalue weighted by Gasteiger charge is 2.14. The highest BCUT2D eigenvalue weighted by molar-refractivity contribution is 4.71. The van der Waals surface area contributed by atoms with Crippen LogP contribution in [0.5, 0.6) is 0 Å². The molecule has 0 aromatic carbocycles. The van der Waals surface area contributed by atoms with E-state index in [0.717, 1.165) is 6.54 Å². The maximum absolute atomic E-state index is 3.58. The van der Waals surface area contributed by atoms with Gasteiger partial charge in [0.25, 0.3) is 0 Å². The van der Waals surface area contributed by atoms with Gasteiger partial charge in [-0.15, -0.1) is 0 Å². The van der Waals surface area contributed by atoms with Crippen LogP contribution in [0.2, 0.25) is 0 Å². The molecule has 0 rings (SSSR count). The minimum atomic E-state index is 0.464. The van der Waals surface area contributed by atoms with E-state index < -0.39 is 0 Å². The Morgan fingerprint density at radius 2 is 1.73 bits per heavy atom. The molecule has 0 aliphatic carbocycles. The molecule has 0 aromatic heterocycles. The molecule has 0 aliphatic rings. The second kappa shape index (κ2) is 7.24. The Kier molecular flexibility index (Phi) is 7.20. The highest BCUT2D eigenvalue weighted by Crippen LogP contribution is 2.22. The quantitative estimate of drug-likeness (QED) is 0.701. The zero-order valence-electron chi connectivity index (χ0n) is 11.6. The number of nitrogens with one attached hydrogen (secondary N) is 1. The first kappa shape index (κ1) is 14.9. The summed E-state index contributed by atoms with van der Waals surface area (Å²) in [5.41, 5.74) is 0.464. The van der Waals surface area contributed by atoms with Crippen molar-refractivity contribution in [2.75, 3.05) is 27.2 Å². The van der Waals surface area contributed by atoms with E-state index in [1.165, 1.54) is 25.8 Å². The maximum Gasteiger partial charge on any atom is 0.00793 e. The summed E-state index contributed by atoms with van der Waals surface area (Å²) >= 11 is 0. The van der Waals surface area contributed by atoms with Crippen LogP contribution >= 0.6 is 0 Å². The Morgan fingerprint density at radius 1 is 1.13 bits per heavy atom. The lowest BCUT2D eigenvalue weighted by atomic mass is 9.88. The van der Waals surface area contributed by atoms with Crippen molar-refractivity contribution in [3.8, 4) is 0 Å². The Hall–Kier alpha value is -0.0800. The van der Waals surface area contributed by atoms with Crippen molar-refractivity contribution in [1.29, 1.82) is 0 Å². The minimum Gasteiger partial charge on any atom is -0.314 e. The summed E-state index contributed by atoms with van der Waals surface area (Å²) in [6.45, 7) is 11.4. The molecule has 2 nitrogen and oxygen atoms in total. The maximum atomic E-state index is 3.58. The van der Waals surface area contributed by atoms with Crippen LogP contribution in [0, 0.1) is 5.41 Å². The number of hydrogen-bond acceptors (Lipinski definition) is 2. The van der Waals surface area contributed by atoms with E-state index in [1.807, 2.05) is 0 Å². The fourth-order valence-corrected chi connectivity index (χ4v) is 1.66. The van der Waals surface area contributed by atoms with Crippen LogP contribution in [0.25, 0.3) is 0 Å². The van der Waals surface area contributed by atoms with Crippen molar-refractivity contribution in [3.63, 3.8) is 0 Å². The third-order valence-electron chi connectivity index (χ3n) is 2.66. The Bertz CT molecular complexity index is 147. The van der Waals surface area contributed by atoms with Crippen LogP contribution in [0.4, 0.5) is 0 Å². The van der Waals surface area contributed by atoms with Gasteiger partial charge in [-0.3, -0.25) is 0 Å². The van der Waals surface area contributed by atoms with Gasteiger partial charge in [-0.2, -0.15) is 0 Å². The van der Waals surface area contributed by atoms with Gasteiger partial charge in [-0.25, -0.2) is 0 Å². The van der Waals surface area contributed by atoms with Gasteiger partial charge in [0, 0.05) is 6.04 Å². The minimum absolute atomic E-state index is 0.464. The molecular formula is C13H30N2. The predicted molar refractivity (Wildman–Crippen MR) is 69.3 cm³/mol. The predicted octanol–water partition coefficient (Wildman–Crippen LogP) is 2.74. The van der Waals surface area contributed by atoms with Crippen LogP contribution in [-0.4, -0.2) is 38.1 Å². The molecule has 15 heavy (non-hydrogen) atoms. The second-order valence-corrected chi connectivity index (χ2v) is 5.95. The lowest BCUT2D eigenvalue weighted by Crippen LogP contribution is -2.33. The normalized spacial score (nSPS) is 14.6. The van der Waals surface area contributed by atoms with Gasteiger partial charge in [-0.1, -0.05) is 27.7 Å². The molecular weight excluding hydrogens is 184 g/mol. The molecule has 0 radical (unpaired) electrons. The fourth-order valence-electron chi connectivity index (χ4n) is 1.66. The van der Waals surface area contributed by atoms with E-state index in [0.29, 0.717) is 11.5 Å². The van der Waals surface area contributed by atoms with Crippen LogP contribution < -0.4 is 5.32 Å². The Balaban J connectivity index is 3.82. The van der Waals surface area contributed by atoms with Gasteiger partial charge in [0.1, 0.15) is 0 Å². The number of rotatable bonds is 7. The Labute approximate surface area is 96.4 Å².